The van der Waals surface area contributed by atoms with E-state index in [1.54, 1.807) is 6.20 Å². The molecule has 0 aliphatic carbocycles. The number of aromatic nitrogens is 2. The van der Waals surface area contributed by atoms with Crippen LogP contribution in [0.1, 0.15) is 12.0 Å². The molecule has 0 spiro atoms. The van der Waals surface area contributed by atoms with Crippen molar-refractivity contribution in [1.29, 1.82) is 0 Å². The fraction of sp³-hybridized carbons (Fsp3) is 0.238. The average molecular weight is 361 g/mol. The van der Waals surface area contributed by atoms with Crippen LogP contribution in [0, 0.1) is 6.92 Å². The second kappa shape index (κ2) is 7.25. The number of nitrogens with one attached hydrogen (secondary N) is 1. The maximum absolute atomic E-state index is 9.69. The van der Waals surface area contributed by atoms with Crippen molar-refractivity contribution in [3.05, 3.63) is 60.3 Å². The van der Waals surface area contributed by atoms with Gasteiger partial charge in [0.1, 0.15) is 0 Å². The number of aliphatic hydroxyl groups is 1. The van der Waals surface area contributed by atoms with Crippen LogP contribution in [0.4, 0.5) is 23.0 Å². The van der Waals surface area contributed by atoms with Gasteiger partial charge in [-0.3, -0.25) is 0 Å². The highest BCUT2D eigenvalue weighted by molar-refractivity contribution is 5.66. The zero-order valence-electron chi connectivity index (χ0n) is 15.3. The van der Waals surface area contributed by atoms with Crippen LogP contribution in [0.15, 0.2) is 54.7 Å². The van der Waals surface area contributed by atoms with Crippen molar-refractivity contribution in [1.82, 2.24) is 9.97 Å². The Kier molecular flexibility index (Phi) is 4.64. The lowest BCUT2D eigenvalue weighted by atomic mass is 10.1. The van der Waals surface area contributed by atoms with E-state index in [0.29, 0.717) is 12.5 Å². The first-order chi connectivity index (χ1) is 13.1. The highest BCUT2D eigenvalue weighted by Crippen LogP contribution is 2.25. The second-order valence-corrected chi connectivity index (χ2v) is 6.90. The normalized spacial score (nSPS) is 16.5. The predicted molar refractivity (Wildman–Crippen MR) is 109 cm³/mol. The number of hydrogen-bond acceptors (Lipinski definition) is 6. The van der Waals surface area contributed by atoms with Gasteiger partial charge in [0.05, 0.1) is 11.8 Å². The number of β-amino-alcohol motifs (C(OH)–C–C–N with tert-alkyl or cyclic N) is 1. The van der Waals surface area contributed by atoms with Crippen molar-refractivity contribution in [2.45, 2.75) is 19.4 Å². The summed E-state index contributed by atoms with van der Waals surface area (Å²) in [5, 5.41) is 12.9. The van der Waals surface area contributed by atoms with E-state index >= 15 is 0 Å². The molecular weight excluding hydrogens is 338 g/mol. The number of aliphatic hydroxyl groups excluding tert-OH is 1. The molecule has 3 aromatic rings. The van der Waals surface area contributed by atoms with Crippen molar-refractivity contribution >= 4 is 23.0 Å². The van der Waals surface area contributed by atoms with Gasteiger partial charge in [0.2, 0.25) is 5.95 Å². The number of benzene rings is 2. The van der Waals surface area contributed by atoms with Gasteiger partial charge >= 0.3 is 0 Å². The number of hydrogen-bond donors (Lipinski definition) is 3. The molecule has 1 saturated heterocycles. The topological polar surface area (TPSA) is 87.3 Å². The smallest absolute Gasteiger partial charge is 0.227 e. The van der Waals surface area contributed by atoms with E-state index < -0.39 is 0 Å². The van der Waals surface area contributed by atoms with Gasteiger partial charge in [-0.1, -0.05) is 6.07 Å². The summed E-state index contributed by atoms with van der Waals surface area (Å²) in [7, 11) is 0. The molecule has 1 fully saturated rings. The first-order valence-corrected chi connectivity index (χ1v) is 9.08. The third-order valence-corrected chi connectivity index (χ3v) is 4.87. The van der Waals surface area contributed by atoms with E-state index in [4.69, 9.17) is 5.73 Å². The van der Waals surface area contributed by atoms with Gasteiger partial charge < -0.3 is 21.1 Å². The standard InChI is InChI=1S/C21H23N5O/c1-14-12-15(2-7-19(14)22)20-8-10-23-21(25-20)24-16-3-5-17(6-4-16)26-11-9-18(27)13-26/h2-8,10,12,18,27H,9,11,13,22H2,1H3,(H,23,24,25). The van der Waals surface area contributed by atoms with E-state index in [2.05, 4.69) is 20.2 Å². The van der Waals surface area contributed by atoms with E-state index in [1.807, 2.05) is 55.5 Å². The van der Waals surface area contributed by atoms with Crippen molar-refractivity contribution < 1.29 is 5.11 Å². The fourth-order valence-electron chi connectivity index (χ4n) is 3.28. The summed E-state index contributed by atoms with van der Waals surface area (Å²) < 4.78 is 0. The molecule has 2 aromatic carbocycles. The van der Waals surface area contributed by atoms with E-state index in [-0.39, 0.29) is 6.10 Å². The van der Waals surface area contributed by atoms with Crippen molar-refractivity contribution in [2.75, 3.05) is 29.0 Å². The minimum absolute atomic E-state index is 0.226. The molecule has 27 heavy (non-hydrogen) atoms. The summed E-state index contributed by atoms with van der Waals surface area (Å²) in [6.07, 6.45) is 2.35. The van der Waals surface area contributed by atoms with Crippen LogP contribution in [-0.4, -0.2) is 34.3 Å². The largest absolute Gasteiger partial charge is 0.399 e. The Labute approximate surface area is 158 Å². The molecule has 4 rings (SSSR count). The van der Waals surface area contributed by atoms with Gasteiger partial charge in [0.15, 0.2) is 0 Å². The molecule has 1 unspecified atom stereocenters. The van der Waals surface area contributed by atoms with Gasteiger partial charge in [0.25, 0.3) is 0 Å². The number of anilines is 4. The van der Waals surface area contributed by atoms with Crippen LogP contribution in [-0.2, 0) is 0 Å². The molecule has 0 bridgehead atoms. The Balaban J connectivity index is 1.50. The molecule has 4 N–H and O–H groups in total. The molecule has 1 aromatic heterocycles. The molecule has 0 radical (unpaired) electrons. The zero-order valence-corrected chi connectivity index (χ0v) is 15.3. The lowest BCUT2D eigenvalue weighted by molar-refractivity contribution is 0.198. The summed E-state index contributed by atoms with van der Waals surface area (Å²) >= 11 is 0. The third-order valence-electron chi connectivity index (χ3n) is 4.87. The molecule has 1 aliphatic rings. The van der Waals surface area contributed by atoms with Gasteiger partial charge in [-0.2, -0.15) is 0 Å². The maximum Gasteiger partial charge on any atom is 0.227 e. The van der Waals surface area contributed by atoms with Gasteiger partial charge in [-0.05, 0) is 61.4 Å². The van der Waals surface area contributed by atoms with E-state index in [0.717, 1.165) is 46.8 Å². The quantitative estimate of drug-likeness (QED) is 0.618. The Bertz CT molecular complexity index is 942. The van der Waals surface area contributed by atoms with Crippen LogP contribution in [0.2, 0.25) is 0 Å². The maximum atomic E-state index is 9.69. The van der Waals surface area contributed by atoms with Crippen molar-refractivity contribution in [2.24, 2.45) is 0 Å². The van der Waals surface area contributed by atoms with Gasteiger partial charge in [-0.15, -0.1) is 0 Å². The summed E-state index contributed by atoms with van der Waals surface area (Å²) in [6, 6.07) is 15.9. The zero-order chi connectivity index (χ0) is 18.8. The lowest BCUT2D eigenvalue weighted by Gasteiger charge is -2.18. The molecule has 138 valence electrons. The Morgan fingerprint density at radius 2 is 1.96 bits per heavy atom. The summed E-state index contributed by atoms with van der Waals surface area (Å²) in [5.41, 5.74) is 11.6. The van der Waals surface area contributed by atoms with E-state index in [1.165, 1.54) is 0 Å². The predicted octanol–water partition coefficient (Wildman–Crippen LogP) is 3.35. The highest BCUT2D eigenvalue weighted by atomic mass is 16.3. The minimum atomic E-state index is -0.226. The van der Waals surface area contributed by atoms with Crippen molar-refractivity contribution in [3.63, 3.8) is 0 Å². The van der Waals surface area contributed by atoms with Crippen LogP contribution < -0.4 is 16.0 Å². The minimum Gasteiger partial charge on any atom is -0.399 e. The Morgan fingerprint density at radius 1 is 1.15 bits per heavy atom. The summed E-state index contributed by atoms with van der Waals surface area (Å²) in [5.74, 6) is 0.548. The number of nitrogens with two attached hydrogens (primary N) is 1. The molecule has 2 heterocycles. The van der Waals surface area contributed by atoms with Crippen molar-refractivity contribution in [3.8, 4) is 11.3 Å². The lowest BCUT2D eigenvalue weighted by Crippen LogP contribution is -2.20. The molecule has 1 atom stereocenters. The Morgan fingerprint density at radius 3 is 2.67 bits per heavy atom. The average Bonchev–Trinajstić information content (AvgIpc) is 3.11. The third kappa shape index (κ3) is 3.85. The number of rotatable bonds is 4. The van der Waals surface area contributed by atoms with Crippen LogP contribution >= 0.6 is 0 Å². The molecule has 6 nitrogen and oxygen atoms in total. The van der Waals surface area contributed by atoms with Gasteiger partial charge in [-0.25, -0.2) is 9.97 Å². The number of nitrogens with zero attached hydrogens (tertiary/aromatic N) is 3. The highest BCUT2D eigenvalue weighted by Gasteiger charge is 2.20. The number of nitrogen functional groups attached to an aromatic ring is 1. The van der Waals surface area contributed by atoms with Gasteiger partial charge in [0, 0.05) is 41.9 Å². The SMILES string of the molecule is Cc1cc(-c2ccnc(Nc3ccc(N4CCC(O)C4)cc3)n2)ccc1N. The first kappa shape index (κ1) is 17.3. The first-order valence-electron chi connectivity index (χ1n) is 9.08. The number of aryl methyl sites for hydroxylation is 1. The van der Waals surface area contributed by atoms with Crippen LogP contribution in [0.25, 0.3) is 11.3 Å². The molecule has 1 aliphatic heterocycles. The molecule has 0 saturated carbocycles. The summed E-state index contributed by atoms with van der Waals surface area (Å²) in [6.45, 7) is 3.57. The summed E-state index contributed by atoms with van der Waals surface area (Å²) in [4.78, 5) is 11.1. The molecule has 0 amide bonds. The molecular formula is C21H23N5O. The van der Waals surface area contributed by atoms with Crippen LogP contribution in [0.3, 0.4) is 0 Å². The second-order valence-electron chi connectivity index (χ2n) is 6.90. The molecule has 6 heteroatoms. The fourth-order valence-corrected chi connectivity index (χ4v) is 3.28. The van der Waals surface area contributed by atoms with E-state index in [9.17, 15) is 5.11 Å². The van der Waals surface area contributed by atoms with Crippen LogP contribution in [0.5, 0.6) is 0 Å². The Hall–Kier alpha value is -3.12. The monoisotopic (exact) mass is 361 g/mol.